The Morgan fingerprint density at radius 1 is 1.14 bits per heavy atom. The van der Waals surface area contributed by atoms with E-state index in [1.165, 1.54) is 11.3 Å². The number of carbonyl (C=O) groups is 1. The zero-order valence-corrected chi connectivity index (χ0v) is 21.4. The summed E-state index contributed by atoms with van der Waals surface area (Å²) in [7, 11) is 1.63. The maximum Gasteiger partial charge on any atom is 0.262 e. The van der Waals surface area contributed by atoms with Gasteiger partial charge in [-0.15, -0.1) is 11.3 Å². The van der Waals surface area contributed by atoms with Crippen molar-refractivity contribution in [3.05, 3.63) is 86.9 Å². The molecule has 176 valence electrons. The summed E-state index contributed by atoms with van der Waals surface area (Å²) >= 11 is 5.00. The van der Waals surface area contributed by atoms with Gasteiger partial charge in [0.15, 0.2) is 6.61 Å². The molecule has 0 saturated heterocycles. The molecule has 7 nitrogen and oxygen atoms in total. The lowest BCUT2D eigenvalue weighted by molar-refractivity contribution is -0.118. The van der Waals surface area contributed by atoms with Crippen LogP contribution in [0.2, 0.25) is 0 Å². The van der Waals surface area contributed by atoms with Crippen LogP contribution >= 0.6 is 27.3 Å². The Labute approximate surface area is 214 Å². The van der Waals surface area contributed by atoms with Crippen LogP contribution < -0.4 is 19.6 Å². The van der Waals surface area contributed by atoms with E-state index in [2.05, 4.69) is 21.2 Å². The molecule has 0 spiro atoms. The monoisotopic (exact) mass is 548 g/mol. The lowest BCUT2D eigenvalue weighted by Crippen LogP contribution is -2.25. The summed E-state index contributed by atoms with van der Waals surface area (Å²) in [6, 6.07) is 21.3. The maximum atomic E-state index is 11.8. The summed E-state index contributed by atoms with van der Waals surface area (Å²) in [4.78, 5) is 17.4. The number of aromatic nitrogens is 1. The molecule has 9 heteroatoms. The smallest absolute Gasteiger partial charge is 0.262 e. The molecule has 0 fully saturated rings. The van der Waals surface area contributed by atoms with Gasteiger partial charge in [0.25, 0.3) is 5.91 Å². The second-order valence-electron chi connectivity index (χ2n) is 7.74. The van der Waals surface area contributed by atoms with Crippen LogP contribution in [0.5, 0.6) is 11.5 Å². The third-order valence-corrected chi connectivity index (χ3v) is 6.70. The van der Waals surface area contributed by atoms with Crippen LogP contribution in [-0.4, -0.2) is 30.0 Å². The van der Waals surface area contributed by atoms with Gasteiger partial charge in [-0.3, -0.25) is 4.79 Å². The molecule has 2 heterocycles. The number of rotatable bonds is 5. The minimum atomic E-state index is -0.178. The van der Waals surface area contributed by atoms with Crippen molar-refractivity contribution in [2.75, 3.05) is 19.0 Å². The van der Waals surface area contributed by atoms with E-state index in [0.29, 0.717) is 27.7 Å². The lowest BCUT2D eigenvalue weighted by atomic mass is 10.1. The minimum absolute atomic E-state index is 0.0167. The van der Waals surface area contributed by atoms with Crippen molar-refractivity contribution in [3.63, 3.8) is 0 Å². The number of ether oxygens (including phenoxy) is 2. The molecule has 35 heavy (non-hydrogen) atoms. The number of para-hydroxylation sites is 2. The van der Waals surface area contributed by atoms with E-state index < -0.39 is 0 Å². The lowest BCUT2D eigenvalue weighted by Gasteiger charge is -2.18. The van der Waals surface area contributed by atoms with E-state index in [1.807, 2.05) is 83.7 Å². The van der Waals surface area contributed by atoms with Gasteiger partial charge in [0.1, 0.15) is 17.2 Å². The normalized spacial score (nSPS) is 13.7. The van der Waals surface area contributed by atoms with Crippen molar-refractivity contribution in [2.45, 2.75) is 6.92 Å². The van der Waals surface area contributed by atoms with Crippen LogP contribution in [-0.2, 0) is 4.79 Å². The minimum Gasteiger partial charge on any atom is -0.494 e. The molecule has 4 aromatic rings. The van der Waals surface area contributed by atoms with Gasteiger partial charge in [0.2, 0.25) is 4.80 Å². The highest BCUT2D eigenvalue weighted by Crippen LogP contribution is 2.33. The van der Waals surface area contributed by atoms with E-state index in [4.69, 9.17) is 19.6 Å². The molecule has 1 aliphatic heterocycles. The number of nitrogens with zero attached hydrogens (tertiary/aromatic N) is 3. The van der Waals surface area contributed by atoms with Gasteiger partial charge in [-0.25, -0.2) is 9.67 Å². The average molecular weight is 549 g/mol. The highest BCUT2D eigenvalue weighted by atomic mass is 79.9. The van der Waals surface area contributed by atoms with Gasteiger partial charge < -0.3 is 14.8 Å². The van der Waals surface area contributed by atoms with Gasteiger partial charge in [-0.2, -0.15) is 5.10 Å². The predicted molar refractivity (Wildman–Crippen MR) is 142 cm³/mol. The van der Waals surface area contributed by atoms with Crippen LogP contribution in [0.1, 0.15) is 12.5 Å². The van der Waals surface area contributed by atoms with Crippen LogP contribution in [0.4, 0.5) is 11.4 Å². The molecule has 0 saturated carbocycles. The van der Waals surface area contributed by atoms with Gasteiger partial charge in [0, 0.05) is 15.4 Å². The Hall–Kier alpha value is -3.69. The van der Waals surface area contributed by atoms with Gasteiger partial charge in [-0.1, -0.05) is 40.2 Å². The average Bonchev–Trinajstić information content (AvgIpc) is 3.25. The van der Waals surface area contributed by atoms with Crippen molar-refractivity contribution >= 4 is 50.3 Å². The number of methoxy groups -OCH3 is 1. The Morgan fingerprint density at radius 3 is 2.83 bits per heavy atom. The van der Waals surface area contributed by atoms with Crippen LogP contribution in [0, 0.1) is 0 Å². The number of benzene rings is 3. The number of carbonyl (C=O) groups excluding carboxylic acids is 1. The van der Waals surface area contributed by atoms with E-state index in [-0.39, 0.29) is 12.5 Å². The molecule has 0 bridgehead atoms. The van der Waals surface area contributed by atoms with Crippen molar-refractivity contribution < 1.29 is 14.3 Å². The molecule has 0 atom stereocenters. The third kappa shape index (κ3) is 4.91. The molecule has 1 amide bonds. The van der Waals surface area contributed by atoms with Gasteiger partial charge in [-0.05, 0) is 55.0 Å². The molecular formula is C26H21BrN4O3S. The fourth-order valence-corrected chi connectivity index (χ4v) is 4.90. The fraction of sp³-hybridized carbons (Fsp3) is 0.115. The molecule has 3 aromatic carbocycles. The Morgan fingerprint density at radius 2 is 2.00 bits per heavy atom. The van der Waals surface area contributed by atoms with E-state index in [1.54, 1.807) is 7.11 Å². The maximum absolute atomic E-state index is 11.8. The van der Waals surface area contributed by atoms with Crippen LogP contribution in [0.15, 0.2) is 86.7 Å². The number of fused-ring (bicyclic) bond motifs is 1. The van der Waals surface area contributed by atoms with E-state index in [0.717, 1.165) is 27.0 Å². The number of nitrogens with one attached hydrogen (secondary N) is 1. The summed E-state index contributed by atoms with van der Waals surface area (Å²) < 4.78 is 13.8. The van der Waals surface area contributed by atoms with Crippen LogP contribution in [0.25, 0.3) is 11.3 Å². The summed E-state index contributed by atoms with van der Waals surface area (Å²) in [5, 5.41) is 9.83. The number of hydrogen-bond donors (Lipinski definition) is 1. The number of thiazole rings is 1. The molecule has 0 aliphatic carbocycles. The first-order valence-corrected chi connectivity index (χ1v) is 12.5. The first kappa shape index (κ1) is 23.1. The third-order valence-electron chi connectivity index (χ3n) is 5.39. The zero-order valence-electron chi connectivity index (χ0n) is 19.0. The highest BCUT2D eigenvalue weighted by Gasteiger charge is 2.18. The first-order valence-electron chi connectivity index (χ1n) is 10.8. The van der Waals surface area contributed by atoms with Gasteiger partial charge >= 0.3 is 0 Å². The quantitative estimate of drug-likeness (QED) is 0.319. The molecule has 0 radical (unpaired) electrons. The molecule has 5 rings (SSSR count). The molecule has 0 unspecified atom stereocenters. The second-order valence-corrected chi connectivity index (χ2v) is 9.49. The van der Waals surface area contributed by atoms with E-state index in [9.17, 15) is 4.79 Å². The number of halogens is 1. The summed E-state index contributed by atoms with van der Waals surface area (Å²) in [6.07, 6.45) is 0. The number of amides is 1. The Balaban J connectivity index is 1.69. The molecule has 1 aromatic heterocycles. The standard InChI is InChI=1S/C26H21BrN4O3S/c1-16(17-6-5-7-19(27)12-17)30-31-22(18-10-11-24-21(13-18)28-25(32)14-34-24)15-35-26(31)29-20-8-3-4-9-23(20)33-2/h3-13,15H,14H2,1-2H3,(H,28,32)/b29-26?,30-16+. The Bertz CT molecular complexity index is 1520. The summed E-state index contributed by atoms with van der Waals surface area (Å²) in [5.74, 6) is 1.14. The summed E-state index contributed by atoms with van der Waals surface area (Å²) in [5.41, 5.74) is 4.85. The second kappa shape index (κ2) is 9.89. The van der Waals surface area contributed by atoms with Gasteiger partial charge in [0.05, 0.1) is 24.2 Å². The topological polar surface area (TPSA) is 77.2 Å². The number of hydrogen-bond acceptors (Lipinski definition) is 6. The van der Waals surface area contributed by atoms with Crippen molar-refractivity contribution in [1.29, 1.82) is 0 Å². The number of anilines is 1. The molecule has 1 aliphatic rings. The Kier molecular flexibility index (Phi) is 6.52. The SMILES string of the molecule is COc1ccccc1N=c1scc(-c2ccc3c(c2)NC(=O)CO3)n1/N=C(\C)c1cccc(Br)c1. The predicted octanol–water partition coefficient (Wildman–Crippen LogP) is 5.82. The summed E-state index contributed by atoms with van der Waals surface area (Å²) in [6.45, 7) is 1.98. The molecular weight excluding hydrogens is 528 g/mol. The van der Waals surface area contributed by atoms with Crippen molar-refractivity contribution in [1.82, 2.24) is 4.68 Å². The van der Waals surface area contributed by atoms with Crippen LogP contribution in [0.3, 0.4) is 0 Å². The fourth-order valence-electron chi connectivity index (χ4n) is 3.66. The van der Waals surface area contributed by atoms with Crippen molar-refractivity contribution in [2.24, 2.45) is 10.1 Å². The largest absolute Gasteiger partial charge is 0.494 e. The van der Waals surface area contributed by atoms with Crippen molar-refractivity contribution in [3.8, 4) is 22.8 Å². The van der Waals surface area contributed by atoms with E-state index >= 15 is 0 Å². The zero-order chi connectivity index (χ0) is 24.4. The molecule has 1 N–H and O–H groups in total. The first-order chi connectivity index (χ1) is 17.0. The highest BCUT2D eigenvalue weighted by molar-refractivity contribution is 9.10.